The second-order valence-electron chi connectivity index (χ2n) is 6.87. The molecule has 1 aromatic heterocycles. The van der Waals surface area contributed by atoms with E-state index >= 15 is 0 Å². The zero-order valence-corrected chi connectivity index (χ0v) is 16.5. The molecule has 0 saturated carbocycles. The molecule has 1 aliphatic rings. The smallest absolute Gasteiger partial charge is 0.265 e. The first-order valence-electron chi connectivity index (χ1n) is 9.58. The number of nitrogens with one attached hydrogen (secondary N) is 1. The van der Waals surface area contributed by atoms with E-state index in [1.54, 1.807) is 47.6 Å². The Labute approximate surface area is 174 Å². The van der Waals surface area contributed by atoms with Gasteiger partial charge in [-0.3, -0.25) is 14.6 Å². The van der Waals surface area contributed by atoms with E-state index in [1.165, 1.54) is 0 Å². The molecule has 30 heavy (non-hydrogen) atoms. The molecule has 2 heterocycles. The van der Waals surface area contributed by atoms with Crippen molar-refractivity contribution < 1.29 is 19.1 Å². The summed E-state index contributed by atoms with van der Waals surface area (Å²) in [5, 5.41) is 2.84. The standard InChI is InChI=1S/C23H21N3O4/c1-16-3-2-4-19(13-16)29-12-11-26-20-14-18(5-6-21(20)30-15-22(26)27)25-23(28)17-7-9-24-10-8-17/h2-10,13-14H,11-12,15H2,1H3,(H,25,28). The molecule has 0 bridgehead atoms. The summed E-state index contributed by atoms with van der Waals surface area (Å²) >= 11 is 0. The van der Waals surface area contributed by atoms with Crippen molar-refractivity contribution in [3.63, 3.8) is 0 Å². The van der Waals surface area contributed by atoms with Crippen molar-refractivity contribution in [1.29, 1.82) is 0 Å². The molecule has 0 saturated heterocycles. The van der Waals surface area contributed by atoms with Gasteiger partial charge in [0.25, 0.3) is 11.8 Å². The second-order valence-corrected chi connectivity index (χ2v) is 6.87. The van der Waals surface area contributed by atoms with E-state index in [9.17, 15) is 9.59 Å². The summed E-state index contributed by atoms with van der Waals surface area (Å²) in [4.78, 5) is 30.4. The number of benzene rings is 2. The summed E-state index contributed by atoms with van der Waals surface area (Å²) in [7, 11) is 0. The maximum absolute atomic E-state index is 12.5. The number of fused-ring (bicyclic) bond motifs is 1. The average Bonchev–Trinajstić information content (AvgIpc) is 2.76. The largest absolute Gasteiger partial charge is 0.492 e. The Balaban J connectivity index is 1.48. The first kappa shape index (κ1) is 19.4. The molecule has 1 aliphatic heterocycles. The maximum atomic E-state index is 12.5. The van der Waals surface area contributed by atoms with Crippen molar-refractivity contribution in [2.45, 2.75) is 6.92 Å². The van der Waals surface area contributed by atoms with Crippen LogP contribution in [-0.4, -0.2) is 36.6 Å². The minimum absolute atomic E-state index is 0.0276. The van der Waals surface area contributed by atoms with E-state index in [2.05, 4.69) is 10.3 Å². The van der Waals surface area contributed by atoms with Gasteiger partial charge in [0, 0.05) is 23.6 Å². The van der Waals surface area contributed by atoms with Crippen LogP contribution < -0.4 is 19.7 Å². The number of hydrogen-bond acceptors (Lipinski definition) is 5. The first-order chi connectivity index (χ1) is 14.6. The summed E-state index contributed by atoms with van der Waals surface area (Å²) in [6.45, 7) is 2.67. The Morgan fingerprint density at radius 2 is 2.00 bits per heavy atom. The van der Waals surface area contributed by atoms with Crippen LogP contribution in [-0.2, 0) is 4.79 Å². The van der Waals surface area contributed by atoms with Gasteiger partial charge in [0.15, 0.2) is 6.61 Å². The topological polar surface area (TPSA) is 80.8 Å². The normalized spacial score (nSPS) is 12.7. The molecule has 0 unspecified atom stereocenters. The van der Waals surface area contributed by atoms with Crippen molar-refractivity contribution in [3.05, 3.63) is 78.1 Å². The van der Waals surface area contributed by atoms with Gasteiger partial charge in [-0.25, -0.2) is 0 Å². The Bertz CT molecular complexity index is 1070. The fourth-order valence-corrected chi connectivity index (χ4v) is 3.19. The van der Waals surface area contributed by atoms with Gasteiger partial charge in [-0.2, -0.15) is 0 Å². The fourth-order valence-electron chi connectivity index (χ4n) is 3.19. The number of aryl methyl sites for hydroxylation is 1. The number of amides is 2. The average molecular weight is 403 g/mol. The van der Waals surface area contributed by atoms with Crippen molar-refractivity contribution in [2.24, 2.45) is 0 Å². The highest BCUT2D eigenvalue weighted by atomic mass is 16.5. The third-order valence-corrected chi connectivity index (χ3v) is 4.68. The molecule has 2 aromatic carbocycles. The molecule has 0 spiro atoms. The molecule has 0 fully saturated rings. The van der Waals surface area contributed by atoms with Crippen molar-refractivity contribution in [2.75, 3.05) is 30.0 Å². The summed E-state index contributed by atoms with van der Waals surface area (Å²) in [6, 6.07) is 16.3. The summed E-state index contributed by atoms with van der Waals surface area (Å²) in [5.74, 6) is 0.934. The number of carbonyl (C=O) groups excluding carboxylic acids is 2. The number of aromatic nitrogens is 1. The van der Waals surface area contributed by atoms with Crippen LogP contribution in [0.2, 0.25) is 0 Å². The molecule has 0 atom stereocenters. The Kier molecular flexibility index (Phi) is 5.61. The number of carbonyl (C=O) groups is 2. The minimum Gasteiger partial charge on any atom is -0.492 e. The van der Waals surface area contributed by atoms with Crippen LogP contribution in [0, 0.1) is 6.92 Å². The molecule has 7 heteroatoms. The van der Waals surface area contributed by atoms with E-state index in [-0.39, 0.29) is 18.4 Å². The maximum Gasteiger partial charge on any atom is 0.265 e. The number of pyridine rings is 1. The van der Waals surface area contributed by atoms with Gasteiger partial charge in [-0.15, -0.1) is 0 Å². The summed E-state index contributed by atoms with van der Waals surface area (Å²) in [5.41, 5.74) is 2.78. The Morgan fingerprint density at radius 1 is 1.17 bits per heavy atom. The van der Waals surface area contributed by atoms with Crippen LogP contribution in [0.15, 0.2) is 67.0 Å². The number of hydrogen-bond donors (Lipinski definition) is 1. The van der Waals surface area contributed by atoms with E-state index in [4.69, 9.17) is 9.47 Å². The number of rotatable bonds is 6. The van der Waals surface area contributed by atoms with Gasteiger partial charge < -0.3 is 19.7 Å². The van der Waals surface area contributed by atoms with Crippen LogP contribution in [0.1, 0.15) is 15.9 Å². The minimum atomic E-state index is -0.255. The number of anilines is 2. The molecular weight excluding hydrogens is 382 g/mol. The lowest BCUT2D eigenvalue weighted by atomic mass is 10.2. The predicted molar refractivity (Wildman–Crippen MR) is 113 cm³/mol. The van der Waals surface area contributed by atoms with Gasteiger partial charge in [-0.05, 0) is 55.0 Å². The quantitative estimate of drug-likeness (QED) is 0.682. The molecule has 7 nitrogen and oxygen atoms in total. The third kappa shape index (κ3) is 4.41. The van der Waals surface area contributed by atoms with E-state index < -0.39 is 0 Å². The molecule has 1 N–H and O–H groups in total. The highest BCUT2D eigenvalue weighted by Crippen LogP contribution is 2.34. The molecule has 0 radical (unpaired) electrons. The lowest BCUT2D eigenvalue weighted by Crippen LogP contribution is -2.41. The first-order valence-corrected chi connectivity index (χ1v) is 9.58. The highest BCUT2D eigenvalue weighted by Gasteiger charge is 2.26. The Morgan fingerprint density at radius 3 is 2.80 bits per heavy atom. The van der Waals surface area contributed by atoms with Crippen molar-refractivity contribution in [1.82, 2.24) is 4.98 Å². The molecule has 3 aromatic rings. The third-order valence-electron chi connectivity index (χ3n) is 4.68. The second kappa shape index (κ2) is 8.65. The summed E-state index contributed by atoms with van der Waals surface area (Å²) in [6.07, 6.45) is 3.12. The van der Waals surface area contributed by atoms with Crippen LogP contribution in [0.4, 0.5) is 11.4 Å². The van der Waals surface area contributed by atoms with Crippen LogP contribution in [0.25, 0.3) is 0 Å². The molecule has 4 rings (SSSR count). The van der Waals surface area contributed by atoms with E-state index in [1.807, 2.05) is 31.2 Å². The lowest BCUT2D eigenvalue weighted by molar-refractivity contribution is -0.121. The SMILES string of the molecule is Cc1cccc(OCCN2C(=O)COc3ccc(NC(=O)c4ccncc4)cc32)c1. The van der Waals surface area contributed by atoms with Crippen LogP contribution >= 0.6 is 0 Å². The molecule has 152 valence electrons. The number of ether oxygens (including phenoxy) is 2. The van der Waals surface area contributed by atoms with Gasteiger partial charge >= 0.3 is 0 Å². The fraction of sp³-hybridized carbons (Fsp3) is 0.174. The van der Waals surface area contributed by atoms with Gasteiger partial charge in [0.1, 0.15) is 18.1 Å². The number of nitrogens with zero attached hydrogens (tertiary/aromatic N) is 2. The van der Waals surface area contributed by atoms with Crippen molar-refractivity contribution >= 4 is 23.2 Å². The highest BCUT2D eigenvalue weighted by molar-refractivity contribution is 6.05. The molecule has 2 amide bonds. The Hall–Kier alpha value is -3.87. The van der Waals surface area contributed by atoms with Gasteiger partial charge in [-0.1, -0.05) is 12.1 Å². The monoisotopic (exact) mass is 403 g/mol. The predicted octanol–water partition coefficient (Wildman–Crippen LogP) is 3.45. The van der Waals surface area contributed by atoms with Crippen molar-refractivity contribution in [3.8, 4) is 11.5 Å². The van der Waals surface area contributed by atoms with Gasteiger partial charge in [0.05, 0.1) is 12.2 Å². The molecule has 0 aliphatic carbocycles. The van der Waals surface area contributed by atoms with Crippen LogP contribution in [0.3, 0.4) is 0 Å². The molecular formula is C23H21N3O4. The zero-order chi connectivity index (χ0) is 20.9. The van der Waals surface area contributed by atoms with E-state index in [0.29, 0.717) is 35.8 Å². The van der Waals surface area contributed by atoms with Gasteiger partial charge in [0.2, 0.25) is 0 Å². The summed E-state index contributed by atoms with van der Waals surface area (Å²) < 4.78 is 11.3. The zero-order valence-electron chi connectivity index (χ0n) is 16.5. The van der Waals surface area contributed by atoms with Crippen LogP contribution in [0.5, 0.6) is 11.5 Å². The lowest BCUT2D eigenvalue weighted by Gasteiger charge is -2.29. The van der Waals surface area contributed by atoms with E-state index in [0.717, 1.165) is 11.3 Å².